The summed E-state index contributed by atoms with van der Waals surface area (Å²) in [5, 5.41) is 13.7. The fourth-order valence-electron chi connectivity index (χ4n) is 2.89. The summed E-state index contributed by atoms with van der Waals surface area (Å²) in [6, 6.07) is 10.6. The van der Waals surface area contributed by atoms with Crippen LogP contribution in [0.4, 0.5) is 5.82 Å². The third-order valence-corrected chi connectivity index (χ3v) is 3.81. The van der Waals surface area contributed by atoms with E-state index in [1.165, 1.54) is 11.1 Å². The molecular weight excluding hydrogens is 238 g/mol. The first-order valence-corrected chi connectivity index (χ1v) is 6.53. The van der Waals surface area contributed by atoms with E-state index in [9.17, 15) is 0 Å². The fourth-order valence-corrected chi connectivity index (χ4v) is 2.89. The monoisotopic (exact) mass is 253 g/mol. The maximum absolute atomic E-state index is 4.74. The molecule has 0 saturated carbocycles. The number of nitrogens with one attached hydrogen (secondary N) is 1. The van der Waals surface area contributed by atoms with E-state index in [0.717, 1.165) is 24.3 Å². The van der Waals surface area contributed by atoms with Gasteiger partial charge in [0.25, 0.3) is 0 Å². The number of rotatable bonds is 1. The second-order valence-corrected chi connectivity index (χ2v) is 4.92. The fraction of sp³-hybridized carbons (Fsp3) is 0.286. The van der Waals surface area contributed by atoms with E-state index in [4.69, 9.17) is 5.10 Å². The molecule has 1 atom stereocenters. The Labute approximate surface area is 110 Å². The Morgan fingerprint density at radius 1 is 1.26 bits per heavy atom. The zero-order valence-corrected chi connectivity index (χ0v) is 10.7. The first-order chi connectivity index (χ1) is 9.34. The lowest BCUT2D eigenvalue weighted by Crippen LogP contribution is -2.25. The predicted octanol–water partition coefficient (Wildman–Crippen LogP) is 2.17. The van der Waals surface area contributed by atoms with E-state index in [2.05, 4.69) is 39.4 Å². The first-order valence-electron chi connectivity index (χ1n) is 6.53. The van der Waals surface area contributed by atoms with Gasteiger partial charge in [0.2, 0.25) is 0 Å². The predicted molar refractivity (Wildman–Crippen MR) is 74.2 cm³/mol. The highest BCUT2D eigenvalue weighted by Crippen LogP contribution is 2.33. The van der Waals surface area contributed by atoms with Crippen LogP contribution >= 0.6 is 0 Å². The lowest BCUT2D eigenvalue weighted by atomic mass is 10.1. The summed E-state index contributed by atoms with van der Waals surface area (Å²) < 4.78 is 4.04. The van der Waals surface area contributed by atoms with Crippen LogP contribution in [-0.4, -0.2) is 26.1 Å². The highest BCUT2D eigenvalue weighted by atomic mass is 15.4. The van der Waals surface area contributed by atoms with Crippen LogP contribution in [0.25, 0.3) is 10.9 Å². The zero-order chi connectivity index (χ0) is 12.8. The summed E-state index contributed by atoms with van der Waals surface area (Å²) >= 11 is 0. The molecule has 0 aliphatic carbocycles. The van der Waals surface area contributed by atoms with Crippen LogP contribution in [-0.2, 0) is 7.05 Å². The number of fused-ring (bicyclic) bond motifs is 3. The summed E-state index contributed by atoms with van der Waals surface area (Å²) in [6.45, 7) is 0.964. The molecule has 96 valence electrons. The molecule has 0 amide bonds. The van der Waals surface area contributed by atoms with E-state index >= 15 is 0 Å². The largest absolute Gasteiger partial charge is 0.370 e. The van der Waals surface area contributed by atoms with E-state index in [0.29, 0.717) is 0 Å². The lowest BCUT2D eigenvalue weighted by molar-refractivity contribution is 0.455. The molecule has 3 aromatic rings. The molecule has 0 radical (unpaired) electrons. The Bertz CT molecular complexity index is 739. The number of hydrogen-bond acceptors (Lipinski definition) is 3. The van der Waals surface area contributed by atoms with Crippen molar-refractivity contribution in [2.45, 2.75) is 12.5 Å². The van der Waals surface area contributed by atoms with E-state index in [1.54, 1.807) is 0 Å². The van der Waals surface area contributed by atoms with Gasteiger partial charge in [-0.25, -0.2) is 4.68 Å². The second-order valence-electron chi connectivity index (χ2n) is 4.92. The second kappa shape index (κ2) is 3.85. The number of anilines is 1. The molecule has 3 heterocycles. The maximum Gasteiger partial charge on any atom is 0.133 e. The Hall–Kier alpha value is -2.30. The molecule has 0 saturated heterocycles. The molecule has 0 bridgehead atoms. The van der Waals surface area contributed by atoms with Crippen LogP contribution in [0.1, 0.15) is 18.2 Å². The minimum absolute atomic E-state index is 0.260. The molecule has 4 rings (SSSR count). The molecule has 5 heteroatoms. The Balaban J connectivity index is 1.93. The van der Waals surface area contributed by atoms with Gasteiger partial charge in [-0.3, -0.25) is 4.68 Å². The van der Waals surface area contributed by atoms with E-state index in [1.807, 2.05) is 24.0 Å². The summed E-state index contributed by atoms with van der Waals surface area (Å²) in [5.41, 5.74) is 2.25. The summed E-state index contributed by atoms with van der Waals surface area (Å²) in [5.74, 6) is 1.12. The average Bonchev–Trinajstić information content (AvgIpc) is 3.02. The van der Waals surface area contributed by atoms with Crippen LogP contribution < -0.4 is 5.32 Å². The molecular formula is C14H15N5. The van der Waals surface area contributed by atoms with Gasteiger partial charge in [0.15, 0.2) is 0 Å². The van der Waals surface area contributed by atoms with Crippen molar-refractivity contribution >= 4 is 16.7 Å². The van der Waals surface area contributed by atoms with Crippen molar-refractivity contribution in [2.24, 2.45) is 7.05 Å². The molecule has 2 aromatic heterocycles. The summed E-state index contributed by atoms with van der Waals surface area (Å²) in [7, 11) is 1.99. The highest BCUT2D eigenvalue weighted by molar-refractivity contribution is 5.90. The molecule has 5 nitrogen and oxygen atoms in total. The number of aryl methyl sites for hydroxylation is 1. The Kier molecular flexibility index (Phi) is 2.15. The highest BCUT2D eigenvalue weighted by Gasteiger charge is 2.26. The zero-order valence-electron chi connectivity index (χ0n) is 10.7. The van der Waals surface area contributed by atoms with Crippen molar-refractivity contribution in [2.75, 3.05) is 11.9 Å². The van der Waals surface area contributed by atoms with Crippen LogP contribution in [0.2, 0.25) is 0 Å². The molecule has 1 unspecified atom stereocenters. The van der Waals surface area contributed by atoms with E-state index in [-0.39, 0.29) is 6.04 Å². The van der Waals surface area contributed by atoms with Gasteiger partial charge in [-0.05, 0) is 24.6 Å². The van der Waals surface area contributed by atoms with E-state index < -0.39 is 0 Å². The molecule has 1 aliphatic heterocycles. The van der Waals surface area contributed by atoms with Crippen molar-refractivity contribution in [1.82, 2.24) is 19.6 Å². The van der Waals surface area contributed by atoms with Crippen LogP contribution in [0.5, 0.6) is 0 Å². The van der Waals surface area contributed by atoms with Gasteiger partial charge in [0, 0.05) is 25.2 Å². The third-order valence-electron chi connectivity index (χ3n) is 3.81. The molecule has 1 aromatic carbocycles. The summed E-state index contributed by atoms with van der Waals surface area (Å²) in [6.07, 6.45) is 2.88. The van der Waals surface area contributed by atoms with Gasteiger partial charge in [-0.2, -0.15) is 10.2 Å². The Morgan fingerprint density at radius 3 is 3.00 bits per heavy atom. The van der Waals surface area contributed by atoms with Gasteiger partial charge in [-0.1, -0.05) is 12.1 Å². The standard InChI is InChI=1S/C14H15N5/c1-18-12(7-9-16-18)13-6-8-15-14-10-4-2-3-5-11(10)17-19(13)14/h2-5,7,9,13,15H,6,8H2,1H3. The topological polar surface area (TPSA) is 47.7 Å². The minimum atomic E-state index is 0.260. The lowest BCUT2D eigenvalue weighted by Gasteiger charge is -2.25. The minimum Gasteiger partial charge on any atom is -0.370 e. The number of benzene rings is 1. The van der Waals surface area contributed by atoms with Gasteiger partial charge in [0.1, 0.15) is 5.82 Å². The van der Waals surface area contributed by atoms with Gasteiger partial charge in [-0.15, -0.1) is 0 Å². The van der Waals surface area contributed by atoms with Crippen molar-refractivity contribution < 1.29 is 0 Å². The quantitative estimate of drug-likeness (QED) is 0.723. The first kappa shape index (κ1) is 10.6. The van der Waals surface area contributed by atoms with Gasteiger partial charge < -0.3 is 5.32 Å². The third kappa shape index (κ3) is 1.47. The Morgan fingerprint density at radius 2 is 2.16 bits per heavy atom. The van der Waals surface area contributed by atoms with Gasteiger partial charge >= 0.3 is 0 Å². The molecule has 1 N–H and O–H groups in total. The summed E-state index contributed by atoms with van der Waals surface area (Å²) in [4.78, 5) is 0. The normalized spacial score (nSPS) is 18.3. The molecule has 0 fully saturated rings. The number of nitrogens with zero attached hydrogens (tertiary/aromatic N) is 4. The molecule has 0 spiro atoms. The van der Waals surface area contributed by atoms with Crippen molar-refractivity contribution in [3.8, 4) is 0 Å². The molecule has 19 heavy (non-hydrogen) atoms. The van der Waals surface area contributed by atoms with Crippen molar-refractivity contribution in [3.63, 3.8) is 0 Å². The van der Waals surface area contributed by atoms with Crippen LogP contribution in [0.3, 0.4) is 0 Å². The van der Waals surface area contributed by atoms with Crippen molar-refractivity contribution in [3.05, 3.63) is 42.2 Å². The SMILES string of the molecule is Cn1nccc1C1CCNc2c3ccccc3nn21. The van der Waals surface area contributed by atoms with Crippen LogP contribution in [0, 0.1) is 0 Å². The molecule has 1 aliphatic rings. The average molecular weight is 253 g/mol. The maximum atomic E-state index is 4.74. The number of aromatic nitrogens is 4. The number of hydrogen-bond donors (Lipinski definition) is 1. The van der Waals surface area contributed by atoms with Gasteiger partial charge in [0.05, 0.1) is 17.3 Å². The smallest absolute Gasteiger partial charge is 0.133 e. The van der Waals surface area contributed by atoms with Crippen molar-refractivity contribution in [1.29, 1.82) is 0 Å². The van der Waals surface area contributed by atoms with Crippen LogP contribution in [0.15, 0.2) is 36.5 Å².